The molecule has 6 unspecified atom stereocenters. The Bertz CT molecular complexity index is 635. The number of carbonyl (C=O) groups is 1. The molecule has 12 atom stereocenters. The van der Waals surface area contributed by atoms with Crippen molar-refractivity contribution >= 4 is 5.97 Å². The van der Waals surface area contributed by atoms with Crippen LogP contribution in [0.5, 0.6) is 0 Å². The zero-order valence-corrected chi connectivity index (χ0v) is 19.5. The first kappa shape index (κ1) is 22.6. The van der Waals surface area contributed by atoms with E-state index < -0.39 is 5.97 Å². The van der Waals surface area contributed by atoms with Crippen LogP contribution >= 0.6 is 0 Å². The maximum atomic E-state index is 11.7. The van der Waals surface area contributed by atoms with Gasteiger partial charge in [0.25, 0.3) is 0 Å². The zero-order chi connectivity index (χ0) is 21.8. The van der Waals surface area contributed by atoms with E-state index in [9.17, 15) is 15.0 Å². The number of carboxylic acids is 1. The summed E-state index contributed by atoms with van der Waals surface area (Å²) in [6, 6.07) is 0. The maximum absolute atomic E-state index is 11.7. The molecule has 4 saturated carbocycles. The second-order valence-corrected chi connectivity index (χ2v) is 11.9. The molecule has 4 aliphatic rings. The van der Waals surface area contributed by atoms with Gasteiger partial charge in [-0.2, -0.15) is 0 Å². The Hall–Kier alpha value is -0.610. The third-order valence-corrected chi connectivity index (χ3v) is 10.6. The predicted octanol–water partition coefficient (Wildman–Crippen LogP) is 4.97. The van der Waals surface area contributed by atoms with Crippen LogP contribution in [0.2, 0.25) is 0 Å². The molecule has 0 aromatic rings. The standard InChI is InChI=1S/C26H44O4/c1-5-17-19-13-16(27)12-15(3)23(19)18-10-11-26(4)20(14(2)6-9-22(28)29)7-8-21(26)24(18)25(17)30/h14-21,23-25,27,30H,5-13H2,1-4H3,(H,28,29)/t14-,15-,16-,17-,18?,19?,20?,21?,23?,24?,25-,26-/m1/s1. The Labute approximate surface area is 182 Å². The molecule has 0 bridgehead atoms. The number of hydrogen-bond acceptors (Lipinski definition) is 3. The number of hydrogen-bond donors (Lipinski definition) is 3. The first-order valence-electron chi connectivity index (χ1n) is 12.8. The molecule has 0 heterocycles. The Kier molecular flexibility index (Phi) is 6.31. The number of aliphatic hydroxyl groups excluding tert-OH is 2. The third kappa shape index (κ3) is 3.54. The largest absolute Gasteiger partial charge is 0.481 e. The van der Waals surface area contributed by atoms with Crippen LogP contribution in [0, 0.1) is 58.7 Å². The quantitative estimate of drug-likeness (QED) is 0.587. The lowest BCUT2D eigenvalue weighted by Crippen LogP contribution is -2.59. The van der Waals surface area contributed by atoms with Gasteiger partial charge in [-0.25, -0.2) is 0 Å². The molecule has 3 N–H and O–H groups in total. The molecule has 30 heavy (non-hydrogen) atoms. The average Bonchev–Trinajstić information content (AvgIpc) is 3.02. The van der Waals surface area contributed by atoms with Crippen molar-refractivity contribution in [3.05, 3.63) is 0 Å². The van der Waals surface area contributed by atoms with Crippen LogP contribution in [0.1, 0.15) is 85.5 Å². The van der Waals surface area contributed by atoms with Crippen molar-refractivity contribution in [3.63, 3.8) is 0 Å². The van der Waals surface area contributed by atoms with Gasteiger partial charge in [-0.1, -0.05) is 34.1 Å². The van der Waals surface area contributed by atoms with E-state index >= 15 is 0 Å². The van der Waals surface area contributed by atoms with Crippen molar-refractivity contribution in [2.45, 2.75) is 97.7 Å². The lowest BCUT2D eigenvalue weighted by molar-refractivity contribution is -0.179. The summed E-state index contributed by atoms with van der Waals surface area (Å²) in [6.45, 7) is 9.31. The van der Waals surface area contributed by atoms with Crippen LogP contribution < -0.4 is 0 Å². The van der Waals surface area contributed by atoms with Crippen LogP contribution in [0.25, 0.3) is 0 Å². The van der Waals surface area contributed by atoms with Crippen LogP contribution in [-0.4, -0.2) is 33.5 Å². The third-order valence-electron chi connectivity index (χ3n) is 10.6. The monoisotopic (exact) mass is 420 g/mol. The van der Waals surface area contributed by atoms with Crippen molar-refractivity contribution in [3.8, 4) is 0 Å². The van der Waals surface area contributed by atoms with Gasteiger partial charge in [0.05, 0.1) is 12.2 Å². The molecule has 172 valence electrons. The molecular formula is C26H44O4. The molecule has 4 rings (SSSR count). The molecule has 0 amide bonds. The van der Waals surface area contributed by atoms with Crippen molar-refractivity contribution in [2.24, 2.45) is 58.7 Å². The van der Waals surface area contributed by atoms with Gasteiger partial charge in [0.2, 0.25) is 0 Å². The van der Waals surface area contributed by atoms with Crippen LogP contribution in [0.3, 0.4) is 0 Å². The SMILES string of the molecule is CC[C@@H]1C2C[C@H](O)C[C@@H](C)C2C2CC[C@@]3(C)C(CCC3[C@H](C)CCC(=O)O)C2[C@@H]1O. The summed E-state index contributed by atoms with van der Waals surface area (Å²) in [5.74, 6) is 3.89. The minimum atomic E-state index is -0.682. The summed E-state index contributed by atoms with van der Waals surface area (Å²) in [4.78, 5) is 11.1. The average molecular weight is 421 g/mol. The van der Waals surface area contributed by atoms with Crippen molar-refractivity contribution in [1.29, 1.82) is 0 Å². The fourth-order valence-corrected chi connectivity index (χ4v) is 9.55. The highest BCUT2D eigenvalue weighted by atomic mass is 16.4. The summed E-state index contributed by atoms with van der Waals surface area (Å²) in [6.07, 6.45) is 8.24. The van der Waals surface area contributed by atoms with Crippen molar-refractivity contribution < 1.29 is 20.1 Å². The first-order chi connectivity index (χ1) is 14.2. The summed E-state index contributed by atoms with van der Waals surface area (Å²) in [7, 11) is 0. The van der Waals surface area contributed by atoms with E-state index in [-0.39, 0.29) is 24.0 Å². The molecule has 0 aromatic carbocycles. The summed E-state index contributed by atoms with van der Waals surface area (Å²) in [5.41, 5.74) is 0.239. The van der Waals surface area contributed by atoms with Crippen LogP contribution in [0.4, 0.5) is 0 Å². The van der Waals surface area contributed by atoms with Crippen LogP contribution in [0.15, 0.2) is 0 Å². The number of fused-ring (bicyclic) bond motifs is 5. The van der Waals surface area contributed by atoms with E-state index in [1.807, 2.05) is 0 Å². The van der Waals surface area contributed by atoms with Crippen molar-refractivity contribution in [2.75, 3.05) is 0 Å². The molecule has 4 nitrogen and oxygen atoms in total. The molecule has 4 heteroatoms. The molecule has 0 aliphatic heterocycles. The maximum Gasteiger partial charge on any atom is 0.303 e. The smallest absolute Gasteiger partial charge is 0.303 e. The first-order valence-corrected chi connectivity index (χ1v) is 12.8. The fraction of sp³-hybridized carbons (Fsp3) is 0.962. The molecule has 0 radical (unpaired) electrons. The zero-order valence-electron chi connectivity index (χ0n) is 19.5. The van der Waals surface area contributed by atoms with Gasteiger partial charge in [-0.05, 0) is 104 Å². The fourth-order valence-electron chi connectivity index (χ4n) is 9.55. The summed E-state index contributed by atoms with van der Waals surface area (Å²) >= 11 is 0. The molecule has 0 spiro atoms. The highest BCUT2D eigenvalue weighted by molar-refractivity contribution is 5.66. The van der Waals surface area contributed by atoms with E-state index in [4.69, 9.17) is 5.11 Å². The second kappa shape index (κ2) is 8.39. The van der Waals surface area contributed by atoms with Gasteiger partial charge in [0.1, 0.15) is 0 Å². The van der Waals surface area contributed by atoms with Gasteiger partial charge in [-0.15, -0.1) is 0 Å². The number of carboxylic acid groups (broad SMARTS) is 1. The second-order valence-electron chi connectivity index (χ2n) is 11.9. The normalized spacial score (nSPS) is 51.5. The van der Waals surface area contributed by atoms with Gasteiger partial charge in [-0.3, -0.25) is 4.79 Å². The van der Waals surface area contributed by atoms with Gasteiger partial charge in [0.15, 0.2) is 0 Å². The molecule has 4 fully saturated rings. The predicted molar refractivity (Wildman–Crippen MR) is 118 cm³/mol. The lowest BCUT2D eigenvalue weighted by Gasteiger charge is -2.61. The Morgan fingerprint density at radius 3 is 2.50 bits per heavy atom. The van der Waals surface area contributed by atoms with Crippen molar-refractivity contribution in [1.82, 2.24) is 0 Å². The minimum Gasteiger partial charge on any atom is -0.481 e. The van der Waals surface area contributed by atoms with E-state index in [0.29, 0.717) is 53.3 Å². The van der Waals surface area contributed by atoms with E-state index in [1.54, 1.807) is 0 Å². The summed E-state index contributed by atoms with van der Waals surface area (Å²) < 4.78 is 0. The molecule has 0 aromatic heterocycles. The minimum absolute atomic E-state index is 0.196. The highest BCUT2D eigenvalue weighted by Gasteiger charge is 2.62. The Morgan fingerprint density at radius 2 is 1.83 bits per heavy atom. The summed E-state index contributed by atoms with van der Waals surface area (Å²) in [5, 5.41) is 31.3. The molecular weight excluding hydrogens is 376 g/mol. The van der Waals surface area contributed by atoms with Gasteiger partial charge < -0.3 is 15.3 Å². The number of aliphatic hydroxyl groups is 2. The van der Waals surface area contributed by atoms with Gasteiger partial charge in [0, 0.05) is 6.42 Å². The number of rotatable bonds is 5. The topological polar surface area (TPSA) is 77.8 Å². The van der Waals surface area contributed by atoms with E-state index in [1.165, 1.54) is 25.7 Å². The van der Waals surface area contributed by atoms with Crippen LogP contribution in [-0.2, 0) is 4.79 Å². The van der Waals surface area contributed by atoms with Gasteiger partial charge >= 0.3 is 5.97 Å². The van der Waals surface area contributed by atoms with E-state index in [0.717, 1.165) is 25.7 Å². The molecule has 4 aliphatic carbocycles. The lowest BCUT2D eigenvalue weighted by atomic mass is 9.44. The Morgan fingerprint density at radius 1 is 1.10 bits per heavy atom. The Balaban J connectivity index is 1.60. The van der Waals surface area contributed by atoms with E-state index in [2.05, 4.69) is 27.7 Å². The number of aliphatic carboxylic acids is 1. The highest BCUT2D eigenvalue weighted by Crippen LogP contribution is 2.67. The molecule has 0 saturated heterocycles.